The summed E-state index contributed by atoms with van der Waals surface area (Å²) in [4.78, 5) is 16.4. The molecule has 3 aromatic rings. The van der Waals surface area contributed by atoms with Crippen LogP contribution in [0.15, 0.2) is 54.7 Å². The third-order valence-electron chi connectivity index (χ3n) is 2.94. The number of hydrogen-bond acceptors (Lipinski definition) is 3. The smallest absolute Gasteiger partial charge is 0.343 e. The zero-order valence-electron chi connectivity index (χ0n) is 10.7. The maximum Gasteiger partial charge on any atom is 0.343 e. The number of pyridine rings is 1. The topological polar surface area (TPSA) is 39.2 Å². The van der Waals surface area contributed by atoms with Crippen LogP contribution in [0.2, 0.25) is 10.0 Å². The van der Waals surface area contributed by atoms with E-state index < -0.39 is 5.97 Å². The minimum Gasteiger partial charge on any atom is -0.421 e. The number of fused-ring (bicyclic) bond motifs is 1. The van der Waals surface area contributed by atoms with Gasteiger partial charge in [0.2, 0.25) is 0 Å². The van der Waals surface area contributed by atoms with Crippen LogP contribution in [0.1, 0.15) is 10.4 Å². The van der Waals surface area contributed by atoms with E-state index in [1.165, 1.54) is 0 Å². The normalized spacial score (nSPS) is 10.6. The summed E-state index contributed by atoms with van der Waals surface area (Å²) >= 11 is 12.0. The lowest BCUT2D eigenvalue weighted by Crippen LogP contribution is -2.08. The third kappa shape index (κ3) is 2.84. The molecule has 0 saturated heterocycles. The second kappa shape index (κ2) is 5.72. The van der Waals surface area contributed by atoms with Gasteiger partial charge >= 0.3 is 5.97 Å². The number of carbonyl (C=O) groups excluding carboxylic acids is 1. The van der Waals surface area contributed by atoms with Gasteiger partial charge in [0, 0.05) is 16.6 Å². The molecule has 0 aliphatic heterocycles. The van der Waals surface area contributed by atoms with Gasteiger partial charge in [0.25, 0.3) is 0 Å². The van der Waals surface area contributed by atoms with Gasteiger partial charge in [-0.15, -0.1) is 0 Å². The summed E-state index contributed by atoms with van der Waals surface area (Å²) in [5.74, 6) is -0.133. The summed E-state index contributed by atoms with van der Waals surface area (Å²) in [7, 11) is 0. The average Bonchev–Trinajstić information content (AvgIpc) is 2.50. The first kappa shape index (κ1) is 13.9. The molecule has 3 nitrogen and oxygen atoms in total. The van der Waals surface area contributed by atoms with Crippen molar-refractivity contribution < 1.29 is 9.53 Å². The Morgan fingerprint density at radius 1 is 1.05 bits per heavy atom. The maximum atomic E-state index is 12.2. The molecule has 0 bridgehead atoms. The molecule has 0 fully saturated rings. The Kier molecular flexibility index (Phi) is 3.78. The van der Waals surface area contributed by atoms with Crippen LogP contribution < -0.4 is 4.74 Å². The SMILES string of the molecule is O=C(Oc1ccc(Cl)c2cccnc12)c1cccc(Cl)c1. The summed E-state index contributed by atoms with van der Waals surface area (Å²) in [6, 6.07) is 13.5. The molecule has 3 rings (SSSR count). The van der Waals surface area contributed by atoms with E-state index in [2.05, 4.69) is 4.98 Å². The molecule has 0 radical (unpaired) electrons. The quantitative estimate of drug-likeness (QED) is 0.505. The van der Waals surface area contributed by atoms with Gasteiger partial charge in [0.1, 0.15) is 5.52 Å². The number of ether oxygens (including phenoxy) is 1. The fourth-order valence-electron chi connectivity index (χ4n) is 1.97. The van der Waals surface area contributed by atoms with Crippen molar-refractivity contribution in [2.45, 2.75) is 0 Å². The molecule has 0 atom stereocenters. The Balaban J connectivity index is 1.99. The first-order valence-corrected chi connectivity index (χ1v) is 6.92. The van der Waals surface area contributed by atoms with E-state index >= 15 is 0 Å². The highest BCUT2D eigenvalue weighted by Gasteiger charge is 2.13. The van der Waals surface area contributed by atoms with Gasteiger partial charge < -0.3 is 4.74 Å². The van der Waals surface area contributed by atoms with Crippen molar-refractivity contribution in [3.05, 3.63) is 70.3 Å². The number of benzene rings is 2. The standard InChI is InChI=1S/C16H9Cl2NO2/c17-11-4-1-3-10(9-11)16(20)21-14-7-6-13(18)12-5-2-8-19-15(12)14/h1-9H. The molecule has 1 aromatic heterocycles. The summed E-state index contributed by atoms with van der Waals surface area (Å²) in [5, 5.41) is 1.76. The van der Waals surface area contributed by atoms with Gasteiger partial charge in [-0.2, -0.15) is 0 Å². The second-order valence-electron chi connectivity index (χ2n) is 4.34. The third-order valence-corrected chi connectivity index (χ3v) is 3.51. The number of carbonyl (C=O) groups is 1. The van der Waals surface area contributed by atoms with E-state index in [0.29, 0.717) is 26.9 Å². The van der Waals surface area contributed by atoms with Gasteiger partial charge in [-0.3, -0.25) is 4.98 Å². The van der Waals surface area contributed by atoms with Crippen LogP contribution in [0.25, 0.3) is 10.9 Å². The number of halogens is 2. The van der Waals surface area contributed by atoms with Gasteiger partial charge in [-0.1, -0.05) is 29.3 Å². The van der Waals surface area contributed by atoms with Crippen LogP contribution in [-0.2, 0) is 0 Å². The zero-order valence-corrected chi connectivity index (χ0v) is 12.2. The highest BCUT2D eigenvalue weighted by Crippen LogP contribution is 2.30. The van der Waals surface area contributed by atoms with E-state index in [9.17, 15) is 4.79 Å². The largest absolute Gasteiger partial charge is 0.421 e. The van der Waals surface area contributed by atoms with E-state index in [1.807, 2.05) is 6.07 Å². The van der Waals surface area contributed by atoms with E-state index in [4.69, 9.17) is 27.9 Å². The molecule has 0 aliphatic carbocycles. The Morgan fingerprint density at radius 3 is 2.71 bits per heavy atom. The molecule has 0 aliphatic rings. The van der Waals surface area contributed by atoms with E-state index in [-0.39, 0.29) is 0 Å². The highest BCUT2D eigenvalue weighted by atomic mass is 35.5. The molecule has 0 N–H and O–H groups in total. The van der Waals surface area contributed by atoms with Crippen LogP contribution in [-0.4, -0.2) is 11.0 Å². The van der Waals surface area contributed by atoms with Crippen molar-refractivity contribution in [1.29, 1.82) is 0 Å². The van der Waals surface area contributed by atoms with Crippen LogP contribution in [0.3, 0.4) is 0 Å². The summed E-state index contributed by atoms with van der Waals surface area (Å²) in [6.07, 6.45) is 1.62. The first-order chi connectivity index (χ1) is 10.1. The average molecular weight is 318 g/mol. The minimum atomic E-state index is -0.494. The fourth-order valence-corrected chi connectivity index (χ4v) is 2.37. The lowest BCUT2D eigenvalue weighted by molar-refractivity contribution is 0.0737. The van der Waals surface area contributed by atoms with Crippen molar-refractivity contribution in [2.75, 3.05) is 0 Å². The van der Waals surface area contributed by atoms with Crippen LogP contribution in [0.4, 0.5) is 0 Å². The molecular formula is C16H9Cl2NO2. The zero-order chi connectivity index (χ0) is 14.8. The monoisotopic (exact) mass is 317 g/mol. The molecule has 0 amide bonds. The van der Waals surface area contributed by atoms with Gasteiger partial charge in [0.15, 0.2) is 5.75 Å². The van der Waals surface area contributed by atoms with E-state index in [1.54, 1.807) is 48.7 Å². The van der Waals surface area contributed by atoms with Gasteiger partial charge in [-0.25, -0.2) is 4.79 Å². The summed E-state index contributed by atoms with van der Waals surface area (Å²) < 4.78 is 5.40. The predicted molar refractivity (Wildman–Crippen MR) is 83.2 cm³/mol. The van der Waals surface area contributed by atoms with Crippen LogP contribution >= 0.6 is 23.2 Å². The van der Waals surface area contributed by atoms with Crippen LogP contribution in [0, 0.1) is 0 Å². The number of aromatic nitrogens is 1. The number of rotatable bonds is 2. The van der Waals surface area contributed by atoms with Crippen molar-refractivity contribution >= 4 is 40.1 Å². The molecular weight excluding hydrogens is 309 g/mol. The molecule has 1 heterocycles. The van der Waals surface area contributed by atoms with Crippen molar-refractivity contribution in [1.82, 2.24) is 4.98 Å². The first-order valence-electron chi connectivity index (χ1n) is 6.16. The molecule has 0 unspecified atom stereocenters. The number of hydrogen-bond donors (Lipinski definition) is 0. The molecule has 2 aromatic carbocycles. The second-order valence-corrected chi connectivity index (χ2v) is 5.19. The molecule has 0 saturated carbocycles. The lowest BCUT2D eigenvalue weighted by atomic mass is 10.2. The summed E-state index contributed by atoms with van der Waals surface area (Å²) in [6.45, 7) is 0. The van der Waals surface area contributed by atoms with Crippen molar-refractivity contribution in [3.8, 4) is 5.75 Å². The van der Waals surface area contributed by atoms with Crippen molar-refractivity contribution in [3.63, 3.8) is 0 Å². The molecule has 5 heteroatoms. The Hall–Kier alpha value is -2.10. The summed E-state index contributed by atoms with van der Waals surface area (Å²) in [5.41, 5.74) is 0.918. The van der Waals surface area contributed by atoms with Gasteiger partial charge in [0.05, 0.1) is 10.6 Å². The molecule has 0 spiro atoms. The Morgan fingerprint density at radius 2 is 1.90 bits per heavy atom. The fraction of sp³-hybridized carbons (Fsp3) is 0. The Bertz CT molecular complexity index is 833. The lowest BCUT2D eigenvalue weighted by Gasteiger charge is -2.08. The molecule has 21 heavy (non-hydrogen) atoms. The number of nitrogens with zero attached hydrogens (tertiary/aromatic N) is 1. The van der Waals surface area contributed by atoms with Crippen molar-refractivity contribution in [2.24, 2.45) is 0 Å². The van der Waals surface area contributed by atoms with Crippen LogP contribution in [0.5, 0.6) is 5.75 Å². The van der Waals surface area contributed by atoms with E-state index in [0.717, 1.165) is 5.39 Å². The Labute approximate surface area is 131 Å². The highest BCUT2D eigenvalue weighted by molar-refractivity contribution is 6.35. The number of esters is 1. The minimum absolute atomic E-state index is 0.361. The maximum absolute atomic E-state index is 12.2. The molecule has 104 valence electrons. The predicted octanol–water partition coefficient (Wildman–Crippen LogP) is 4.76. The van der Waals surface area contributed by atoms with Gasteiger partial charge in [-0.05, 0) is 42.5 Å².